The van der Waals surface area contributed by atoms with Crippen molar-refractivity contribution in [3.05, 3.63) is 59.8 Å². The lowest BCUT2D eigenvalue weighted by molar-refractivity contribution is -0.117. The maximum absolute atomic E-state index is 13.0. The summed E-state index contributed by atoms with van der Waals surface area (Å²) in [5.74, 6) is -0.219. The van der Waals surface area contributed by atoms with Crippen LogP contribution in [0.2, 0.25) is 0 Å². The van der Waals surface area contributed by atoms with Crippen LogP contribution in [0.25, 0.3) is 10.9 Å². The largest absolute Gasteiger partial charge is 0.378 e. The number of hydrogen-bond donors (Lipinski definition) is 1. The summed E-state index contributed by atoms with van der Waals surface area (Å²) in [5, 5.41) is 4.25. The quantitative estimate of drug-likeness (QED) is 0.746. The molecule has 1 N–H and O–H groups in total. The number of aryl methyl sites for hydroxylation is 2. The summed E-state index contributed by atoms with van der Waals surface area (Å²) < 4.78 is 7.51. The van der Waals surface area contributed by atoms with Gasteiger partial charge in [0.15, 0.2) is 0 Å². The Labute approximate surface area is 165 Å². The van der Waals surface area contributed by atoms with Gasteiger partial charge < -0.3 is 19.5 Å². The van der Waals surface area contributed by atoms with Gasteiger partial charge in [-0.1, -0.05) is 18.2 Å². The van der Waals surface area contributed by atoms with E-state index in [0.29, 0.717) is 0 Å². The van der Waals surface area contributed by atoms with E-state index in [2.05, 4.69) is 45.2 Å². The smallest absolute Gasteiger partial charge is 0.231 e. The third-order valence-corrected chi connectivity index (χ3v) is 5.63. The van der Waals surface area contributed by atoms with E-state index >= 15 is 0 Å². The van der Waals surface area contributed by atoms with Crippen molar-refractivity contribution in [2.75, 3.05) is 36.5 Å². The predicted octanol–water partition coefficient (Wildman–Crippen LogP) is 4.07. The van der Waals surface area contributed by atoms with Crippen LogP contribution in [0.4, 0.5) is 11.4 Å². The zero-order valence-corrected chi connectivity index (χ0v) is 16.7. The number of hydrogen-bond acceptors (Lipinski definition) is 3. The number of nitrogens with one attached hydrogen (secondary N) is 1. The first-order valence-electron chi connectivity index (χ1n) is 9.83. The van der Waals surface area contributed by atoms with Crippen LogP contribution in [-0.2, 0) is 16.6 Å². The highest BCUT2D eigenvalue weighted by molar-refractivity contribution is 5.99. The Morgan fingerprint density at radius 1 is 1.14 bits per heavy atom. The molecule has 3 aromatic rings. The van der Waals surface area contributed by atoms with Gasteiger partial charge in [0.05, 0.1) is 19.1 Å². The fourth-order valence-corrected chi connectivity index (χ4v) is 3.91. The van der Waals surface area contributed by atoms with Crippen LogP contribution in [0.3, 0.4) is 0 Å². The fraction of sp³-hybridized carbons (Fsp3) is 0.348. The Morgan fingerprint density at radius 2 is 1.89 bits per heavy atom. The number of carbonyl (C=O) groups is 1. The van der Waals surface area contributed by atoms with Crippen LogP contribution in [0.15, 0.2) is 48.7 Å². The van der Waals surface area contributed by atoms with Crippen molar-refractivity contribution in [3.63, 3.8) is 0 Å². The summed E-state index contributed by atoms with van der Waals surface area (Å²) in [6, 6.07) is 14.4. The zero-order valence-electron chi connectivity index (χ0n) is 16.7. The summed E-state index contributed by atoms with van der Waals surface area (Å²) in [6.45, 7) is 7.35. The lowest BCUT2D eigenvalue weighted by atomic mass is 9.99. The van der Waals surface area contributed by atoms with E-state index in [9.17, 15) is 4.79 Å². The van der Waals surface area contributed by atoms with Crippen LogP contribution in [0.5, 0.6) is 0 Å². The average Bonchev–Trinajstić information content (AvgIpc) is 3.06. The maximum atomic E-state index is 13.0. The van der Waals surface area contributed by atoms with Gasteiger partial charge in [-0.25, -0.2) is 0 Å². The monoisotopic (exact) mass is 377 g/mol. The van der Waals surface area contributed by atoms with Gasteiger partial charge in [0, 0.05) is 48.6 Å². The molecule has 0 radical (unpaired) electrons. The average molecular weight is 377 g/mol. The number of benzene rings is 2. The number of morpholine rings is 1. The number of fused-ring (bicyclic) bond motifs is 1. The van der Waals surface area contributed by atoms with Gasteiger partial charge in [-0.2, -0.15) is 0 Å². The highest BCUT2D eigenvalue weighted by atomic mass is 16.5. The molecule has 1 aromatic heterocycles. The predicted molar refractivity (Wildman–Crippen MR) is 114 cm³/mol. The van der Waals surface area contributed by atoms with Crippen LogP contribution in [0, 0.1) is 6.92 Å². The van der Waals surface area contributed by atoms with Crippen molar-refractivity contribution in [1.82, 2.24) is 4.57 Å². The van der Waals surface area contributed by atoms with Crippen LogP contribution >= 0.6 is 0 Å². The van der Waals surface area contributed by atoms with E-state index < -0.39 is 0 Å². The SMILES string of the molecule is Cc1cc(N2CCOCC2)ccc1NC(=O)C(C)c1cn(C)c2ccccc12. The number of anilines is 2. The normalized spacial score (nSPS) is 15.6. The third-order valence-electron chi connectivity index (χ3n) is 5.63. The van der Waals surface area contributed by atoms with Gasteiger partial charge in [-0.15, -0.1) is 0 Å². The first kappa shape index (κ1) is 18.6. The molecule has 146 valence electrons. The molecule has 28 heavy (non-hydrogen) atoms. The van der Waals surface area contributed by atoms with E-state index in [1.807, 2.05) is 39.1 Å². The molecule has 1 unspecified atom stereocenters. The Bertz CT molecular complexity index is 1000. The van der Waals surface area contributed by atoms with Crippen molar-refractivity contribution in [2.24, 2.45) is 7.05 Å². The summed E-state index contributed by atoms with van der Waals surface area (Å²) in [5.41, 5.74) is 5.32. The standard InChI is InChI=1S/C23H27N3O2/c1-16-14-18(26-10-12-28-13-11-26)8-9-21(16)24-23(27)17(2)20-15-25(3)22-7-5-4-6-19(20)22/h4-9,14-15,17H,10-13H2,1-3H3,(H,24,27). The lowest BCUT2D eigenvalue weighted by Crippen LogP contribution is -2.36. The Hall–Kier alpha value is -2.79. The van der Waals surface area contributed by atoms with Gasteiger partial charge in [-0.05, 0) is 49.2 Å². The molecular weight excluding hydrogens is 350 g/mol. The molecule has 1 saturated heterocycles. The van der Waals surface area contributed by atoms with E-state index in [-0.39, 0.29) is 11.8 Å². The summed E-state index contributed by atoms with van der Waals surface area (Å²) in [4.78, 5) is 15.3. The molecule has 0 spiro atoms. The van der Waals surface area contributed by atoms with Gasteiger partial charge in [-0.3, -0.25) is 4.79 Å². The number of carbonyl (C=O) groups excluding carboxylic acids is 1. The molecule has 1 amide bonds. The molecule has 0 aliphatic carbocycles. The number of ether oxygens (including phenoxy) is 1. The molecule has 0 bridgehead atoms. The van der Waals surface area contributed by atoms with Crippen LogP contribution < -0.4 is 10.2 Å². The lowest BCUT2D eigenvalue weighted by Gasteiger charge is -2.29. The third kappa shape index (κ3) is 3.50. The van der Waals surface area contributed by atoms with Gasteiger partial charge in [0.1, 0.15) is 0 Å². The molecule has 1 aliphatic heterocycles. The minimum Gasteiger partial charge on any atom is -0.378 e. The molecule has 4 rings (SSSR count). The Kier molecular flexibility index (Phi) is 5.09. The molecule has 5 nitrogen and oxygen atoms in total. The van der Waals surface area contributed by atoms with Gasteiger partial charge in [0.2, 0.25) is 5.91 Å². The number of aromatic nitrogens is 1. The second kappa shape index (κ2) is 7.68. The number of rotatable bonds is 4. The molecule has 1 atom stereocenters. The second-order valence-corrected chi connectivity index (χ2v) is 7.52. The molecule has 1 fully saturated rings. The van der Waals surface area contributed by atoms with E-state index in [0.717, 1.165) is 54.0 Å². The highest BCUT2D eigenvalue weighted by Crippen LogP contribution is 2.29. The van der Waals surface area contributed by atoms with Crippen LogP contribution in [0.1, 0.15) is 24.0 Å². The first-order chi connectivity index (χ1) is 13.5. The molecular formula is C23H27N3O2. The maximum Gasteiger partial charge on any atom is 0.231 e. The minimum atomic E-state index is -0.232. The Balaban J connectivity index is 1.52. The highest BCUT2D eigenvalue weighted by Gasteiger charge is 2.21. The Morgan fingerprint density at radius 3 is 2.64 bits per heavy atom. The van der Waals surface area contributed by atoms with E-state index in [4.69, 9.17) is 4.74 Å². The number of para-hydroxylation sites is 1. The molecule has 5 heteroatoms. The molecule has 0 saturated carbocycles. The fourth-order valence-electron chi connectivity index (χ4n) is 3.91. The van der Waals surface area contributed by atoms with Gasteiger partial charge in [0.25, 0.3) is 0 Å². The van der Waals surface area contributed by atoms with Crippen molar-refractivity contribution in [1.29, 1.82) is 0 Å². The molecule has 2 aromatic carbocycles. The van der Waals surface area contributed by atoms with E-state index in [1.54, 1.807) is 0 Å². The van der Waals surface area contributed by atoms with Crippen molar-refractivity contribution >= 4 is 28.2 Å². The number of amides is 1. The van der Waals surface area contributed by atoms with E-state index in [1.165, 1.54) is 5.69 Å². The topological polar surface area (TPSA) is 46.5 Å². The molecule has 2 heterocycles. The van der Waals surface area contributed by atoms with Gasteiger partial charge >= 0.3 is 0 Å². The summed E-state index contributed by atoms with van der Waals surface area (Å²) in [7, 11) is 2.02. The zero-order chi connectivity index (χ0) is 19.7. The minimum absolute atomic E-state index is 0.0126. The van der Waals surface area contributed by atoms with Crippen molar-refractivity contribution < 1.29 is 9.53 Å². The van der Waals surface area contributed by atoms with Crippen molar-refractivity contribution in [3.8, 4) is 0 Å². The summed E-state index contributed by atoms with van der Waals surface area (Å²) >= 11 is 0. The first-order valence-corrected chi connectivity index (χ1v) is 9.83. The summed E-state index contributed by atoms with van der Waals surface area (Å²) in [6.07, 6.45) is 2.06. The van der Waals surface area contributed by atoms with Crippen LogP contribution in [-0.4, -0.2) is 36.8 Å². The number of nitrogens with zero attached hydrogens (tertiary/aromatic N) is 2. The molecule has 1 aliphatic rings. The second-order valence-electron chi connectivity index (χ2n) is 7.52. The van der Waals surface area contributed by atoms with Crippen molar-refractivity contribution in [2.45, 2.75) is 19.8 Å².